The summed E-state index contributed by atoms with van der Waals surface area (Å²) in [6.45, 7) is 12.1. The van der Waals surface area contributed by atoms with Crippen molar-refractivity contribution in [3.05, 3.63) is 53.7 Å². The summed E-state index contributed by atoms with van der Waals surface area (Å²) in [7, 11) is 3.23. The van der Waals surface area contributed by atoms with Crippen LogP contribution in [0.5, 0.6) is 0 Å². The largest absolute Gasteiger partial charge is 0.433 e. The molecule has 8 heteroatoms. The van der Waals surface area contributed by atoms with Crippen LogP contribution >= 0.6 is 0 Å². The Labute approximate surface area is 208 Å². The topological polar surface area (TPSA) is 53.1 Å². The standard InChI is InChI=1S/C23H26F3N5.2C2H6/c1-5-16-7-6-8-17(13-16)15(2)27-18-9-11-19(12-10-18)28-21-14-20(23(24,25)26)29-22(30-21)31(3)4;2*1-2/h1,6-8,13-14,18-19,27H,2,9-12H2,3-4H3,(H,28,29,30);2*1-2H3. The Kier molecular flexibility index (Phi) is 12.1. The van der Waals surface area contributed by atoms with Crippen LogP contribution < -0.4 is 15.5 Å². The van der Waals surface area contributed by atoms with E-state index in [1.807, 2.05) is 52.0 Å². The van der Waals surface area contributed by atoms with E-state index in [4.69, 9.17) is 6.42 Å². The van der Waals surface area contributed by atoms with Crippen molar-refractivity contribution in [1.82, 2.24) is 15.3 Å². The second-order valence-corrected chi connectivity index (χ2v) is 7.87. The fourth-order valence-corrected chi connectivity index (χ4v) is 3.57. The van der Waals surface area contributed by atoms with Crippen LogP contribution in [0.1, 0.15) is 70.2 Å². The molecule has 1 heterocycles. The average molecular weight is 490 g/mol. The van der Waals surface area contributed by atoms with Crippen molar-refractivity contribution in [2.75, 3.05) is 24.3 Å². The van der Waals surface area contributed by atoms with Gasteiger partial charge in [0.15, 0.2) is 5.69 Å². The van der Waals surface area contributed by atoms with Gasteiger partial charge in [-0.1, -0.05) is 52.3 Å². The van der Waals surface area contributed by atoms with Gasteiger partial charge in [-0.2, -0.15) is 18.2 Å². The Morgan fingerprint density at radius 2 is 1.63 bits per heavy atom. The predicted molar refractivity (Wildman–Crippen MR) is 140 cm³/mol. The summed E-state index contributed by atoms with van der Waals surface area (Å²) in [4.78, 5) is 9.28. The number of nitrogens with zero attached hydrogens (tertiary/aromatic N) is 3. The van der Waals surface area contributed by atoms with Gasteiger partial charge in [0, 0.05) is 43.5 Å². The van der Waals surface area contributed by atoms with Crippen LogP contribution in [0.3, 0.4) is 0 Å². The monoisotopic (exact) mass is 489 g/mol. The molecule has 0 spiro atoms. The number of terminal acetylenes is 1. The number of alkyl halides is 3. The van der Waals surface area contributed by atoms with E-state index in [2.05, 4.69) is 33.1 Å². The van der Waals surface area contributed by atoms with Gasteiger partial charge in [-0.15, -0.1) is 6.42 Å². The Balaban J connectivity index is 0.00000145. The molecule has 2 aromatic rings. The SMILES string of the molecule is C#Cc1cccc(C(=C)NC2CCC(Nc3cc(C(F)(F)F)nc(N(C)C)n3)CC2)c1.CC.CC. The zero-order valence-electron chi connectivity index (χ0n) is 21.6. The summed E-state index contributed by atoms with van der Waals surface area (Å²) in [6.07, 6.45) is 4.27. The molecule has 192 valence electrons. The summed E-state index contributed by atoms with van der Waals surface area (Å²) < 4.78 is 39.6. The molecule has 1 aromatic heterocycles. The highest BCUT2D eigenvalue weighted by atomic mass is 19.4. The smallest absolute Gasteiger partial charge is 0.382 e. The van der Waals surface area contributed by atoms with Crippen molar-refractivity contribution >= 4 is 17.5 Å². The molecule has 1 aliphatic rings. The Bertz CT molecular complexity index is 972. The number of halogens is 3. The lowest BCUT2D eigenvalue weighted by Gasteiger charge is -2.31. The number of rotatable bonds is 6. The van der Waals surface area contributed by atoms with Crippen LogP contribution in [0, 0.1) is 12.3 Å². The first-order valence-electron chi connectivity index (χ1n) is 12.1. The number of hydrogen-bond donors (Lipinski definition) is 2. The Hall–Kier alpha value is -3.21. The second kappa shape index (κ2) is 14.2. The summed E-state index contributed by atoms with van der Waals surface area (Å²) in [5.41, 5.74) is 1.62. The summed E-state index contributed by atoms with van der Waals surface area (Å²) in [5, 5.41) is 6.61. The van der Waals surface area contributed by atoms with Crippen molar-refractivity contribution in [1.29, 1.82) is 0 Å². The molecule has 0 unspecified atom stereocenters. The molecule has 3 rings (SSSR count). The molecule has 1 saturated carbocycles. The molecule has 0 radical (unpaired) electrons. The van der Waals surface area contributed by atoms with E-state index in [1.54, 1.807) is 14.1 Å². The second-order valence-electron chi connectivity index (χ2n) is 7.87. The molecular formula is C27H38F3N5. The molecule has 0 bridgehead atoms. The van der Waals surface area contributed by atoms with Gasteiger partial charge < -0.3 is 15.5 Å². The number of nitrogens with one attached hydrogen (secondary N) is 2. The summed E-state index contributed by atoms with van der Waals surface area (Å²) in [6, 6.07) is 8.90. The molecule has 0 aliphatic heterocycles. The fourth-order valence-electron chi connectivity index (χ4n) is 3.57. The van der Waals surface area contributed by atoms with Gasteiger partial charge in [-0.3, -0.25) is 0 Å². The maximum Gasteiger partial charge on any atom is 0.433 e. The number of anilines is 2. The minimum atomic E-state index is -4.53. The third-order valence-electron chi connectivity index (χ3n) is 5.24. The van der Waals surface area contributed by atoms with Crippen LogP contribution in [0.25, 0.3) is 5.70 Å². The molecule has 1 aromatic carbocycles. The van der Waals surface area contributed by atoms with E-state index in [1.165, 1.54) is 4.90 Å². The first-order valence-corrected chi connectivity index (χ1v) is 12.1. The highest BCUT2D eigenvalue weighted by Crippen LogP contribution is 2.31. The van der Waals surface area contributed by atoms with E-state index in [-0.39, 0.29) is 23.8 Å². The van der Waals surface area contributed by atoms with Crippen molar-refractivity contribution in [3.63, 3.8) is 0 Å². The highest BCUT2D eigenvalue weighted by Gasteiger charge is 2.34. The molecular weight excluding hydrogens is 451 g/mol. The number of benzene rings is 1. The van der Waals surface area contributed by atoms with Gasteiger partial charge in [-0.05, 0) is 43.4 Å². The van der Waals surface area contributed by atoms with Crippen LogP contribution in [-0.4, -0.2) is 36.1 Å². The summed E-state index contributed by atoms with van der Waals surface area (Å²) >= 11 is 0. The van der Waals surface area contributed by atoms with Gasteiger partial charge >= 0.3 is 6.18 Å². The lowest BCUT2D eigenvalue weighted by atomic mass is 9.90. The minimum Gasteiger partial charge on any atom is -0.382 e. The van der Waals surface area contributed by atoms with E-state index >= 15 is 0 Å². The molecule has 35 heavy (non-hydrogen) atoms. The van der Waals surface area contributed by atoms with Gasteiger partial charge in [-0.25, -0.2) is 4.98 Å². The zero-order valence-corrected chi connectivity index (χ0v) is 21.6. The molecule has 1 aliphatic carbocycles. The average Bonchev–Trinajstić information content (AvgIpc) is 2.87. The highest BCUT2D eigenvalue weighted by molar-refractivity contribution is 5.63. The quantitative estimate of drug-likeness (QED) is 0.449. The molecule has 2 N–H and O–H groups in total. The molecule has 0 amide bonds. The van der Waals surface area contributed by atoms with Crippen LogP contribution in [0.2, 0.25) is 0 Å². The lowest BCUT2D eigenvalue weighted by Crippen LogP contribution is -2.36. The van der Waals surface area contributed by atoms with E-state index in [0.717, 1.165) is 48.6 Å². The first-order chi connectivity index (χ1) is 16.7. The maximum atomic E-state index is 13.2. The third kappa shape index (κ3) is 9.16. The zero-order chi connectivity index (χ0) is 26.6. The van der Waals surface area contributed by atoms with Crippen molar-refractivity contribution < 1.29 is 13.2 Å². The number of aromatic nitrogens is 2. The molecule has 1 fully saturated rings. The lowest BCUT2D eigenvalue weighted by molar-refractivity contribution is -0.141. The fraction of sp³-hybridized carbons (Fsp3) is 0.481. The van der Waals surface area contributed by atoms with Crippen molar-refractivity contribution in [2.24, 2.45) is 0 Å². The maximum absolute atomic E-state index is 13.2. The Morgan fingerprint density at radius 3 is 2.17 bits per heavy atom. The third-order valence-corrected chi connectivity index (χ3v) is 5.24. The van der Waals surface area contributed by atoms with Crippen LogP contribution in [0.4, 0.5) is 24.9 Å². The summed E-state index contributed by atoms with van der Waals surface area (Å²) in [5.74, 6) is 2.84. The Morgan fingerprint density at radius 1 is 1.03 bits per heavy atom. The van der Waals surface area contributed by atoms with Crippen LogP contribution in [0.15, 0.2) is 36.9 Å². The van der Waals surface area contributed by atoms with Gasteiger partial charge in [0.2, 0.25) is 5.95 Å². The molecule has 0 atom stereocenters. The van der Waals surface area contributed by atoms with Gasteiger partial charge in [0.05, 0.1) is 0 Å². The number of hydrogen-bond acceptors (Lipinski definition) is 5. The minimum absolute atomic E-state index is 0.0261. The van der Waals surface area contributed by atoms with E-state index in [0.29, 0.717) is 0 Å². The van der Waals surface area contributed by atoms with Crippen molar-refractivity contribution in [2.45, 2.75) is 71.6 Å². The van der Waals surface area contributed by atoms with Crippen LogP contribution in [-0.2, 0) is 6.18 Å². The van der Waals surface area contributed by atoms with Gasteiger partial charge in [0.1, 0.15) is 5.82 Å². The van der Waals surface area contributed by atoms with Crippen molar-refractivity contribution in [3.8, 4) is 12.3 Å². The van der Waals surface area contributed by atoms with E-state index < -0.39 is 11.9 Å². The van der Waals surface area contributed by atoms with E-state index in [9.17, 15) is 13.2 Å². The normalized spacial score (nSPS) is 16.9. The molecule has 0 saturated heterocycles. The first kappa shape index (κ1) is 29.8. The predicted octanol–water partition coefficient (Wildman–Crippen LogP) is 6.58. The van der Waals surface area contributed by atoms with Gasteiger partial charge in [0.25, 0.3) is 0 Å². The molecule has 5 nitrogen and oxygen atoms in total.